The lowest BCUT2D eigenvalue weighted by Gasteiger charge is -2.46. The molecule has 14 heavy (non-hydrogen) atoms. The van der Waals surface area contributed by atoms with Crippen LogP contribution < -0.4 is 5.32 Å². The van der Waals surface area contributed by atoms with Crippen LogP contribution in [-0.4, -0.2) is 37.6 Å². The molecule has 0 atom stereocenters. The molecule has 0 aromatic heterocycles. The first-order valence-corrected chi connectivity index (χ1v) is 6.02. The molecule has 0 amide bonds. The number of hydrogen-bond acceptors (Lipinski definition) is 2. The molecular formula is C12H24N2. The summed E-state index contributed by atoms with van der Waals surface area (Å²) in [6.07, 6.45) is 4.36. The van der Waals surface area contributed by atoms with Crippen LogP contribution in [0.5, 0.6) is 0 Å². The Morgan fingerprint density at radius 2 is 2.14 bits per heavy atom. The number of nitrogens with one attached hydrogen (secondary N) is 1. The van der Waals surface area contributed by atoms with Gasteiger partial charge in [0.2, 0.25) is 0 Å². The molecule has 1 saturated carbocycles. The van der Waals surface area contributed by atoms with Gasteiger partial charge in [0.25, 0.3) is 0 Å². The summed E-state index contributed by atoms with van der Waals surface area (Å²) in [7, 11) is 2.25. The van der Waals surface area contributed by atoms with Gasteiger partial charge in [-0.2, -0.15) is 0 Å². The number of hydrogen-bond donors (Lipinski definition) is 1. The van der Waals surface area contributed by atoms with E-state index in [1.54, 1.807) is 0 Å². The van der Waals surface area contributed by atoms with Gasteiger partial charge in [-0.05, 0) is 58.0 Å². The highest BCUT2D eigenvalue weighted by Crippen LogP contribution is 2.49. The Morgan fingerprint density at radius 3 is 2.64 bits per heavy atom. The van der Waals surface area contributed by atoms with Crippen LogP contribution in [0.4, 0.5) is 0 Å². The summed E-state index contributed by atoms with van der Waals surface area (Å²) in [6, 6.07) is 0.702. The van der Waals surface area contributed by atoms with Crippen LogP contribution in [0.2, 0.25) is 0 Å². The molecule has 2 fully saturated rings. The molecule has 0 unspecified atom stereocenters. The van der Waals surface area contributed by atoms with Crippen molar-refractivity contribution in [2.24, 2.45) is 11.3 Å². The van der Waals surface area contributed by atoms with Crippen molar-refractivity contribution in [1.29, 1.82) is 0 Å². The van der Waals surface area contributed by atoms with Crippen molar-refractivity contribution in [2.75, 3.05) is 26.7 Å². The molecule has 82 valence electrons. The minimum atomic E-state index is 0.702. The fourth-order valence-electron chi connectivity index (χ4n) is 3.06. The Hall–Kier alpha value is -0.0800. The summed E-state index contributed by atoms with van der Waals surface area (Å²) < 4.78 is 0. The molecular weight excluding hydrogens is 172 g/mol. The van der Waals surface area contributed by atoms with Gasteiger partial charge in [-0.25, -0.2) is 0 Å². The highest BCUT2D eigenvalue weighted by Gasteiger charge is 2.45. The second-order valence-corrected chi connectivity index (χ2v) is 5.73. The van der Waals surface area contributed by atoms with Gasteiger partial charge < -0.3 is 10.2 Å². The average Bonchev–Trinajstić information content (AvgIpc) is 2.51. The molecule has 2 nitrogen and oxygen atoms in total. The molecule has 2 rings (SSSR count). The van der Waals surface area contributed by atoms with Gasteiger partial charge in [0.05, 0.1) is 0 Å². The van der Waals surface area contributed by atoms with Gasteiger partial charge in [-0.1, -0.05) is 0 Å². The van der Waals surface area contributed by atoms with E-state index in [-0.39, 0.29) is 0 Å². The lowest BCUT2D eigenvalue weighted by Crippen LogP contribution is -2.44. The molecule has 1 heterocycles. The van der Waals surface area contributed by atoms with Crippen LogP contribution in [0.25, 0.3) is 0 Å². The normalized spacial score (nSPS) is 37.1. The van der Waals surface area contributed by atoms with Crippen molar-refractivity contribution in [2.45, 2.75) is 39.2 Å². The number of nitrogens with zero attached hydrogens (tertiary/aromatic N) is 1. The molecule has 0 aromatic rings. The van der Waals surface area contributed by atoms with Crippen molar-refractivity contribution < 1.29 is 0 Å². The van der Waals surface area contributed by atoms with Crippen molar-refractivity contribution in [3.8, 4) is 0 Å². The third kappa shape index (κ3) is 1.96. The van der Waals surface area contributed by atoms with Gasteiger partial charge in [0, 0.05) is 19.1 Å². The molecule has 1 spiro atoms. The molecule has 1 N–H and O–H groups in total. The molecule has 2 aliphatic rings. The second-order valence-electron chi connectivity index (χ2n) is 5.73. The van der Waals surface area contributed by atoms with Crippen LogP contribution >= 0.6 is 0 Å². The second kappa shape index (κ2) is 3.82. The largest absolute Gasteiger partial charge is 0.316 e. The zero-order chi connectivity index (χ0) is 10.2. The summed E-state index contributed by atoms with van der Waals surface area (Å²) >= 11 is 0. The van der Waals surface area contributed by atoms with E-state index in [1.165, 1.54) is 38.9 Å². The fraction of sp³-hybridized carbons (Fsp3) is 1.00. The fourth-order valence-corrected chi connectivity index (χ4v) is 3.06. The topological polar surface area (TPSA) is 15.3 Å². The third-order valence-corrected chi connectivity index (χ3v) is 4.20. The molecule has 0 aromatic carbocycles. The van der Waals surface area contributed by atoms with Gasteiger partial charge >= 0.3 is 0 Å². The summed E-state index contributed by atoms with van der Waals surface area (Å²) in [6.45, 7) is 8.41. The van der Waals surface area contributed by atoms with E-state index in [4.69, 9.17) is 0 Å². The van der Waals surface area contributed by atoms with Crippen molar-refractivity contribution in [1.82, 2.24) is 10.2 Å². The quantitative estimate of drug-likeness (QED) is 0.739. The van der Waals surface area contributed by atoms with Crippen LogP contribution in [-0.2, 0) is 0 Å². The minimum absolute atomic E-state index is 0.702. The zero-order valence-corrected chi connectivity index (χ0v) is 9.84. The van der Waals surface area contributed by atoms with E-state index in [9.17, 15) is 0 Å². The lowest BCUT2D eigenvalue weighted by atomic mass is 9.61. The highest BCUT2D eigenvalue weighted by molar-refractivity contribution is 4.99. The standard InChI is InChI=1S/C12H24N2/c1-10(2)14(3)8-11-6-12(7-11)4-5-13-9-12/h10-11,13H,4-9H2,1-3H3. The summed E-state index contributed by atoms with van der Waals surface area (Å²) in [5.74, 6) is 0.974. The first-order chi connectivity index (χ1) is 6.61. The Morgan fingerprint density at radius 1 is 1.43 bits per heavy atom. The van der Waals surface area contributed by atoms with E-state index in [1.807, 2.05) is 0 Å². The third-order valence-electron chi connectivity index (χ3n) is 4.20. The predicted octanol–water partition coefficient (Wildman–Crippen LogP) is 1.72. The van der Waals surface area contributed by atoms with Gasteiger partial charge in [0.15, 0.2) is 0 Å². The summed E-state index contributed by atoms with van der Waals surface area (Å²) in [5, 5.41) is 3.50. The first-order valence-electron chi connectivity index (χ1n) is 6.02. The summed E-state index contributed by atoms with van der Waals surface area (Å²) in [5.41, 5.74) is 0.725. The smallest absolute Gasteiger partial charge is 0.00356 e. The average molecular weight is 196 g/mol. The Balaban J connectivity index is 1.72. The molecule has 1 aliphatic heterocycles. The predicted molar refractivity (Wildman–Crippen MR) is 60.4 cm³/mol. The molecule has 1 saturated heterocycles. The van der Waals surface area contributed by atoms with E-state index in [0.29, 0.717) is 6.04 Å². The van der Waals surface area contributed by atoms with Crippen molar-refractivity contribution in [3.63, 3.8) is 0 Å². The molecule has 0 radical (unpaired) electrons. The Bertz CT molecular complexity index is 184. The van der Waals surface area contributed by atoms with E-state index in [2.05, 4.69) is 31.1 Å². The lowest BCUT2D eigenvalue weighted by molar-refractivity contribution is 0.0456. The minimum Gasteiger partial charge on any atom is -0.316 e. The van der Waals surface area contributed by atoms with Gasteiger partial charge in [-0.15, -0.1) is 0 Å². The number of rotatable bonds is 3. The maximum absolute atomic E-state index is 3.50. The molecule has 2 heteroatoms. The van der Waals surface area contributed by atoms with Gasteiger partial charge in [-0.3, -0.25) is 0 Å². The first kappa shape index (κ1) is 10.4. The van der Waals surface area contributed by atoms with Crippen molar-refractivity contribution >= 4 is 0 Å². The highest BCUT2D eigenvalue weighted by atomic mass is 15.1. The SMILES string of the molecule is CC(C)N(C)CC1CC2(CCNC2)C1. The van der Waals surface area contributed by atoms with E-state index >= 15 is 0 Å². The summed E-state index contributed by atoms with van der Waals surface area (Å²) in [4.78, 5) is 2.49. The molecule has 1 aliphatic carbocycles. The van der Waals surface area contributed by atoms with Crippen LogP contribution in [0.15, 0.2) is 0 Å². The zero-order valence-electron chi connectivity index (χ0n) is 9.84. The van der Waals surface area contributed by atoms with E-state index < -0.39 is 0 Å². The maximum Gasteiger partial charge on any atom is 0.00356 e. The Kier molecular flexibility index (Phi) is 2.85. The molecule has 0 bridgehead atoms. The van der Waals surface area contributed by atoms with Gasteiger partial charge in [0.1, 0.15) is 0 Å². The monoisotopic (exact) mass is 196 g/mol. The van der Waals surface area contributed by atoms with Crippen LogP contribution in [0, 0.1) is 11.3 Å². The maximum atomic E-state index is 3.50. The Labute approximate surface area is 88.1 Å². The van der Waals surface area contributed by atoms with Crippen LogP contribution in [0.1, 0.15) is 33.1 Å². The van der Waals surface area contributed by atoms with E-state index in [0.717, 1.165) is 11.3 Å². The van der Waals surface area contributed by atoms with Crippen LogP contribution in [0.3, 0.4) is 0 Å². The van der Waals surface area contributed by atoms with Crippen molar-refractivity contribution in [3.05, 3.63) is 0 Å².